The molecule has 2 nitrogen and oxygen atoms in total. The molecule has 4 heteroatoms. The van der Waals surface area contributed by atoms with Crippen LogP contribution < -0.4 is 5.32 Å². The lowest BCUT2D eigenvalue weighted by molar-refractivity contribution is 0.0946. The van der Waals surface area contributed by atoms with Crippen molar-refractivity contribution in [3.05, 3.63) is 100 Å². The third-order valence-corrected chi connectivity index (χ3v) is 5.98. The van der Waals surface area contributed by atoms with Crippen LogP contribution >= 0.6 is 23.2 Å². The van der Waals surface area contributed by atoms with Crippen LogP contribution in [0.25, 0.3) is 0 Å². The molecule has 3 aromatic rings. The molecule has 0 heterocycles. The van der Waals surface area contributed by atoms with E-state index in [4.69, 9.17) is 23.2 Å². The van der Waals surface area contributed by atoms with Crippen molar-refractivity contribution in [1.29, 1.82) is 0 Å². The summed E-state index contributed by atoms with van der Waals surface area (Å²) < 4.78 is 0. The van der Waals surface area contributed by atoms with E-state index in [2.05, 4.69) is 5.32 Å². The molecule has 0 aromatic heterocycles. The van der Waals surface area contributed by atoms with E-state index >= 15 is 0 Å². The molecular formula is C24H21Cl2NO. The number of rotatable bonds is 7. The van der Waals surface area contributed by atoms with Gasteiger partial charge in [-0.1, -0.05) is 83.9 Å². The topological polar surface area (TPSA) is 29.1 Å². The van der Waals surface area contributed by atoms with E-state index in [9.17, 15) is 4.79 Å². The zero-order valence-corrected chi connectivity index (χ0v) is 16.8. The SMILES string of the molecule is O=C(c1ccccc1)C(c1ccccc1)C(Nc1ccc(Cl)c(Cl)c1)C1CC1. The highest BCUT2D eigenvalue weighted by atomic mass is 35.5. The zero-order chi connectivity index (χ0) is 19.5. The Kier molecular flexibility index (Phi) is 5.70. The van der Waals surface area contributed by atoms with Gasteiger partial charge in [-0.3, -0.25) is 4.79 Å². The van der Waals surface area contributed by atoms with Gasteiger partial charge >= 0.3 is 0 Å². The Morgan fingerprint density at radius 3 is 2.11 bits per heavy atom. The Morgan fingerprint density at radius 1 is 0.857 bits per heavy atom. The lowest BCUT2D eigenvalue weighted by Crippen LogP contribution is -2.35. The third-order valence-electron chi connectivity index (χ3n) is 5.24. The molecule has 142 valence electrons. The molecule has 4 rings (SSSR count). The van der Waals surface area contributed by atoms with Crippen molar-refractivity contribution in [3.8, 4) is 0 Å². The molecule has 2 unspecified atom stereocenters. The fourth-order valence-corrected chi connectivity index (χ4v) is 3.97. The second-order valence-corrected chi connectivity index (χ2v) is 8.07. The number of hydrogen-bond acceptors (Lipinski definition) is 2. The number of carbonyl (C=O) groups is 1. The molecule has 3 aromatic carbocycles. The number of carbonyl (C=O) groups excluding carboxylic acids is 1. The highest BCUT2D eigenvalue weighted by Gasteiger charge is 2.40. The van der Waals surface area contributed by atoms with E-state index < -0.39 is 0 Å². The number of anilines is 1. The quantitative estimate of drug-likeness (QED) is 0.432. The minimum absolute atomic E-state index is 0.00708. The molecule has 1 fully saturated rings. The van der Waals surface area contributed by atoms with Gasteiger partial charge in [-0.2, -0.15) is 0 Å². The van der Waals surface area contributed by atoms with Gasteiger partial charge in [0.05, 0.1) is 16.0 Å². The normalized spacial score (nSPS) is 15.6. The number of hydrogen-bond donors (Lipinski definition) is 1. The first-order chi connectivity index (χ1) is 13.6. The van der Waals surface area contributed by atoms with Gasteiger partial charge in [-0.15, -0.1) is 0 Å². The standard InChI is InChI=1S/C24H21Cl2NO/c25-20-14-13-19(15-21(20)26)27-23(17-11-12-17)22(16-7-3-1-4-8-16)24(28)18-9-5-2-6-10-18/h1-10,13-15,17,22-23,27H,11-12H2. The molecule has 0 aliphatic heterocycles. The van der Waals surface area contributed by atoms with E-state index in [0.29, 0.717) is 16.0 Å². The van der Waals surface area contributed by atoms with Gasteiger partial charge in [-0.05, 0) is 42.5 Å². The summed E-state index contributed by atoms with van der Waals surface area (Å²) >= 11 is 12.3. The molecule has 1 saturated carbocycles. The Labute approximate surface area is 175 Å². The van der Waals surface area contributed by atoms with E-state index in [0.717, 1.165) is 29.7 Å². The van der Waals surface area contributed by atoms with Crippen LogP contribution in [0.4, 0.5) is 5.69 Å². The maximum Gasteiger partial charge on any atom is 0.172 e. The molecule has 0 spiro atoms. The smallest absolute Gasteiger partial charge is 0.172 e. The summed E-state index contributed by atoms with van der Waals surface area (Å²) in [7, 11) is 0. The number of ketones is 1. The minimum Gasteiger partial charge on any atom is -0.381 e. The Hall–Kier alpha value is -2.29. The van der Waals surface area contributed by atoms with Crippen molar-refractivity contribution in [2.75, 3.05) is 5.32 Å². The molecule has 0 bridgehead atoms. The molecule has 1 aliphatic rings. The molecule has 0 amide bonds. The van der Waals surface area contributed by atoms with Gasteiger partial charge in [0.1, 0.15) is 0 Å². The lowest BCUT2D eigenvalue weighted by Gasteiger charge is -2.29. The first kappa shape index (κ1) is 19.0. The summed E-state index contributed by atoms with van der Waals surface area (Å²) in [6.45, 7) is 0. The second kappa shape index (κ2) is 8.38. The van der Waals surface area contributed by atoms with Crippen LogP contribution in [-0.2, 0) is 0 Å². The Balaban J connectivity index is 1.72. The zero-order valence-electron chi connectivity index (χ0n) is 15.3. The summed E-state index contributed by atoms with van der Waals surface area (Å²) in [6, 6.07) is 25.1. The molecule has 0 saturated heterocycles. The summed E-state index contributed by atoms with van der Waals surface area (Å²) in [5.41, 5.74) is 2.65. The van der Waals surface area contributed by atoms with Crippen molar-refractivity contribution in [2.45, 2.75) is 24.8 Å². The second-order valence-electron chi connectivity index (χ2n) is 7.26. The predicted octanol–water partition coefficient (Wildman–Crippen LogP) is 6.85. The van der Waals surface area contributed by atoms with Crippen LogP contribution in [0, 0.1) is 5.92 Å². The minimum atomic E-state index is -0.273. The summed E-state index contributed by atoms with van der Waals surface area (Å²) in [6.07, 6.45) is 2.23. The maximum absolute atomic E-state index is 13.5. The highest BCUT2D eigenvalue weighted by Crippen LogP contribution is 2.42. The molecule has 2 atom stereocenters. The maximum atomic E-state index is 13.5. The van der Waals surface area contributed by atoms with E-state index in [1.54, 1.807) is 6.07 Å². The summed E-state index contributed by atoms with van der Waals surface area (Å²) in [5, 5.41) is 4.62. The van der Waals surface area contributed by atoms with Gasteiger partial charge < -0.3 is 5.32 Å². The van der Waals surface area contributed by atoms with Crippen molar-refractivity contribution in [2.24, 2.45) is 5.92 Å². The van der Waals surface area contributed by atoms with Gasteiger partial charge in [0.2, 0.25) is 0 Å². The molecule has 28 heavy (non-hydrogen) atoms. The number of Topliss-reactive ketones (excluding diaryl/α,β-unsaturated/α-hetero) is 1. The first-order valence-corrected chi connectivity index (χ1v) is 10.2. The number of benzene rings is 3. The molecule has 1 aliphatic carbocycles. The monoisotopic (exact) mass is 409 g/mol. The van der Waals surface area contributed by atoms with Crippen LogP contribution in [0.2, 0.25) is 10.0 Å². The number of halogens is 2. The fourth-order valence-electron chi connectivity index (χ4n) is 3.67. The van der Waals surface area contributed by atoms with Crippen LogP contribution in [0.15, 0.2) is 78.9 Å². The van der Waals surface area contributed by atoms with Crippen LogP contribution in [0.3, 0.4) is 0 Å². The van der Waals surface area contributed by atoms with Crippen molar-refractivity contribution < 1.29 is 4.79 Å². The third kappa shape index (κ3) is 4.24. The Bertz CT molecular complexity index is 955. The summed E-state index contributed by atoms with van der Waals surface area (Å²) in [4.78, 5) is 13.5. The fraction of sp³-hybridized carbons (Fsp3) is 0.208. The average molecular weight is 410 g/mol. The van der Waals surface area contributed by atoms with E-state index in [-0.39, 0.29) is 17.7 Å². The summed E-state index contributed by atoms with van der Waals surface area (Å²) in [5.74, 6) is 0.314. The predicted molar refractivity (Wildman–Crippen MR) is 117 cm³/mol. The number of nitrogens with one attached hydrogen (secondary N) is 1. The first-order valence-electron chi connectivity index (χ1n) is 9.49. The van der Waals surface area contributed by atoms with Gasteiger partial charge in [0.25, 0.3) is 0 Å². The van der Waals surface area contributed by atoms with Gasteiger partial charge in [0, 0.05) is 17.3 Å². The average Bonchev–Trinajstić information content (AvgIpc) is 3.57. The van der Waals surface area contributed by atoms with Crippen molar-refractivity contribution >= 4 is 34.7 Å². The lowest BCUT2D eigenvalue weighted by atomic mass is 9.82. The molecule has 1 N–H and O–H groups in total. The van der Waals surface area contributed by atoms with E-state index in [1.807, 2.05) is 72.8 Å². The van der Waals surface area contributed by atoms with Crippen LogP contribution in [-0.4, -0.2) is 11.8 Å². The highest BCUT2D eigenvalue weighted by molar-refractivity contribution is 6.42. The van der Waals surface area contributed by atoms with E-state index in [1.165, 1.54) is 0 Å². The molecule has 0 radical (unpaired) electrons. The van der Waals surface area contributed by atoms with Crippen LogP contribution in [0.1, 0.15) is 34.7 Å². The molecular weight excluding hydrogens is 389 g/mol. The van der Waals surface area contributed by atoms with Crippen molar-refractivity contribution in [1.82, 2.24) is 0 Å². The van der Waals surface area contributed by atoms with Gasteiger partial charge in [-0.25, -0.2) is 0 Å². The van der Waals surface area contributed by atoms with Crippen LogP contribution in [0.5, 0.6) is 0 Å². The largest absolute Gasteiger partial charge is 0.381 e. The van der Waals surface area contributed by atoms with Crippen molar-refractivity contribution in [3.63, 3.8) is 0 Å². The Morgan fingerprint density at radius 2 is 1.50 bits per heavy atom. The van der Waals surface area contributed by atoms with Gasteiger partial charge in [0.15, 0.2) is 5.78 Å².